The Balaban J connectivity index is 1.42. The van der Waals surface area contributed by atoms with Crippen molar-refractivity contribution < 1.29 is 8.42 Å². The molecule has 4 rings (SSSR count). The summed E-state index contributed by atoms with van der Waals surface area (Å²) in [5.74, 6) is 0. The van der Waals surface area contributed by atoms with Gasteiger partial charge in [0, 0.05) is 52.5 Å². The first-order valence-corrected chi connectivity index (χ1v) is 13.6. The Morgan fingerprint density at radius 1 is 1.00 bits per heavy atom. The van der Waals surface area contributed by atoms with Gasteiger partial charge in [0.15, 0.2) is 5.13 Å². The van der Waals surface area contributed by atoms with Gasteiger partial charge in [-0.3, -0.25) is 0 Å². The molecule has 2 heterocycles. The highest BCUT2D eigenvalue weighted by Gasteiger charge is 2.31. The molecule has 5 nitrogen and oxygen atoms in total. The van der Waals surface area contributed by atoms with Crippen LogP contribution in [0.1, 0.15) is 11.3 Å². The lowest BCUT2D eigenvalue weighted by molar-refractivity contribution is 0.384. The molecule has 0 unspecified atom stereocenters. The topological polar surface area (TPSA) is 53.5 Å². The van der Waals surface area contributed by atoms with E-state index in [-0.39, 0.29) is 9.92 Å². The Bertz CT molecular complexity index is 1210. The van der Waals surface area contributed by atoms with Crippen molar-refractivity contribution in [3.05, 3.63) is 72.6 Å². The number of thiazole rings is 1. The number of anilines is 1. The molecule has 0 aliphatic carbocycles. The van der Waals surface area contributed by atoms with Gasteiger partial charge >= 0.3 is 0 Å². The molecular formula is C20H17BrCl3N3O2S2. The van der Waals surface area contributed by atoms with Crippen LogP contribution in [0.2, 0.25) is 15.1 Å². The van der Waals surface area contributed by atoms with Gasteiger partial charge in [-0.15, -0.1) is 11.3 Å². The van der Waals surface area contributed by atoms with Crippen LogP contribution >= 0.6 is 62.1 Å². The highest BCUT2D eigenvalue weighted by atomic mass is 79.9. The largest absolute Gasteiger partial charge is 0.345 e. The Kier molecular flexibility index (Phi) is 7.18. The average Bonchev–Trinajstić information content (AvgIpc) is 3.18. The number of aromatic nitrogens is 1. The van der Waals surface area contributed by atoms with Crippen LogP contribution in [0.5, 0.6) is 0 Å². The van der Waals surface area contributed by atoms with E-state index in [9.17, 15) is 8.42 Å². The standard InChI is InChI=1S/C20H17BrCl3N3O2S2/c21-14-2-4-19(18(24)10-14)31(28,29)27-7-5-26(6-8-27)20-25-16(12-30-20)9-13-1-3-15(22)11-17(13)23/h1-4,10-12H,5-9H2. The number of halogens is 4. The monoisotopic (exact) mass is 579 g/mol. The van der Waals surface area contributed by atoms with E-state index in [2.05, 4.69) is 20.8 Å². The van der Waals surface area contributed by atoms with E-state index >= 15 is 0 Å². The number of benzene rings is 2. The van der Waals surface area contributed by atoms with Gasteiger partial charge in [-0.05, 0) is 35.9 Å². The summed E-state index contributed by atoms with van der Waals surface area (Å²) in [7, 11) is -3.65. The summed E-state index contributed by atoms with van der Waals surface area (Å²) in [5, 5.41) is 4.31. The summed E-state index contributed by atoms with van der Waals surface area (Å²) in [4.78, 5) is 6.95. The molecule has 0 bridgehead atoms. The summed E-state index contributed by atoms with van der Waals surface area (Å²) >= 11 is 23.3. The molecule has 2 aromatic carbocycles. The van der Waals surface area contributed by atoms with Crippen molar-refractivity contribution in [2.45, 2.75) is 11.3 Å². The molecule has 1 aliphatic heterocycles. The molecule has 3 aromatic rings. The normalized spacial score (nSPS) is 15.4. The van der Waals surface area contributed by atoms with Crippen molar-refractivity contribution in [2.75, 3.05) is 31.1 Å². The lowest BCUT2D eigenvalue weighted by Gasteiger charge is -2.34. The van der Waals surface area contributed by atoms with E-state index in [0.29, 0.717) is 42.6 Å². The molecule has 0 spiro atoms. The van der Waals surface area contributed by atoms with Crippen LogP contribution in [0, 0.1) is 0 Å². The lowest BCUT2D eigenvalue weighted by atomic mass is 10.1. The van der Waals surface area contributed by atoms with Gasteiger partial charge in [-0.1, -0.05) is 56.8 Å². The van der Waals surface area contributed by atoms with Gasteiger partial charge in [-0.2, -0.15) is 4.31 Å². The molecule has 164 valence electrons. The van der Waals surface area contributed by atoms with Crippen molar-refractivity contribution in [3.8, 4) is 0 Å². The molecule has 31 heavy (non-hydrogen) atoms. The summed E-state index contributed by atoms with van der Waals surface area (Å²) in [6.07, 6.45) is 0.614. The van der Waals surface area contributed by atoms with Gasteiger partial charge in [0.2, 0.25) is 10.0 Å². The quantitative estimate of drug-likeness (QED) is 0.373. The van der Waals surface area contributed by atoms with Crippen LogP contribution in [0.15, 0.2) is 51.1 Å². The number of hydrogen-bond donors (Lipinski definition) is 0. The van der Waals surface area contributed by atoms with Crippen LogP contribution in [0.3, 0.4) is 0 Å². The van der Waals surface area contributed by atoms with Gasteiger partial charge < -0.3 is 4.90 Å². The highest BCUT2D eigenvalue weighted by Crippen LogP contribution is 2.30. The highest BCUT2D eigenvalue weighted by molar-refractivity contribution is 9.10. The van der Waals surface area contributed by atoms with Crippen LogP contribution in [0.25, 0.3) is 0 Å². The summed E-state index contributed by atoms with van der Waals surface area (Å²) < 4.78 is 28.2. The first kappa shape index (κ1) is 23.3. The van der Waals surface area contributed by atoms with Crippen LogP contribution in [-0.2, 0) is 16.4 Å². The Morgan fingerprint density at radius 3 is 2.42 bits per heavy atom. The SMILES string of the molecule is O=S(=O)(c1ccc(Br)cc1Cl)N1CCN(c2nc(Cc3ccc(Cl)cc3Cl)cs2)CC1. The summed E-state index contributed by atoms with van der Waals surface area (Å²) in [6.45, 7) is 1.85. The smallest absolute Gasteiger partial charge is 0.244 e. The van der Waals surface area contributed by atoms with Crippen LogP contribution in [0.4, 0.5) is 5.13 Å². The first-order chi connectivity index (χ1) is 14.7. The fourth-order valence-corrected chi connectivity index (χ4v) is 7.11. The zero-order chi connectivity index (χ0) is 22.2. The maximum absolute atomic E-state index is 13.0. The Hall–Kier alpha value is -0.870. The molecule has 0 atom stereocenters. The van der Waals surface area contributed by atoms with Crippen molar-refractivity contribution in [3.63, 3.8) is 0 Å². The lowest BCUT2D eigenvalue weighted by Crippen LogP contribution is -2.48. The average molecular weight is 582 g/mol. The van der Waals surface area contributed by atoms with Gasteiger partial charge in [0.25, 0.3) is 0 Å². The predicted octanol–water partition coefficient (Wildman–Crippen LogP) is 5.97. The minimum absolute atomic E-state index is 0.127. The van der Waals surface area contributed by atoms with Crippen molar-refractivity contribution in [1.82, 2.24) is 9.29 Å². The van der Waals surface area contributed by atoms with Gasteiger partial charge in [0.1, 0.15) is 4.90 Å². The fourth-order valence-electron chi connectivity index (χ4n) is 3.33. The van der Waals surface area contributed by atoms with Crippen LogP contribution in [-0.4, -0.2) is 43.9 Å². The Morgan fingerprint density at radius 2 is 1.74 bits per heavy atom. The maximum atomic E-state index is 13.0. The second-order valence-corrected chi connectivity index (χ2v) is 11.9. The molecule has 1 saturated heterocycles. The second-order valence-electron chi connectivity index (χ2n) is 7.00. The zero-order valence-electron chi connectivity index (χ0n) is 16.1. The van der Waals surface area contributed by atoms with E-state index in [1.54, 1.807) is 29.5 Å². The van der Waals surface area contributed by atoms with E-state index in [4.69, 9.17) is 39.8 Å². The molecule has 0 radical (unpaired) electrons. The number of sulfonamides is 1. The maximum Gasteiger partial charge on any atom is 0.244 e. The van der Waals surface area contributed by atoms with E-state index in [1.807, 2.05) is 17.5 Å². The third-order valence-corrected chi connectivity index (χ3v) is 9.36. The fraction of sp³-hybridized carbons (Fsp3) is 0.250. The third-order valence-electron chi connectivity index (χ3n) is 4.95. The van der Waals surface area contributed by atoms with Gasteiger partial charge in [-0.25, -0.2) is 13.4 Å². The number of hydrogen-bond acceptors (Lipinski definition) is 5. The van der Waals surface area contributed by atoms with E-state index < -0.39 is 10.0 Å². The minimum atomic E-state index is -3.65. The van der Waals surface area contributed by atoms with Crippen LogP contribution < -0.4 is 4.90 Å². The molecule has 0 amide bonds. The number of piperazine rings is 1. The number of nitrogens with zero attached hydrogens (tertiary/aromatic N) is 3. The van der Waals surface area contributed by atoms with Gasteiger partial charge in [0.05, 0.1) is 10.7 Å². The predicted molar refractivity (Wildman–Crippen MR) is 132 cm³/mol. The van der Waals surface area contributed by atoms with Crippen molar-refractivity contribution >= 4 is 77.2 Å². The molecule has 11 heteroatoms. The molecule has 0 saturated carbocycles. The van der Waals surface area contributed by atoms with Crippen molar-refractivity contribution in [2.24, 2.45) is 0 Å². The summed E-state index contributed by atoms with van der Waals surface area (Å²) in [6, 6.07) is 10.2. The second kappa shape index (κ2) is 9.55. The Labute approximate surface area is 208 Å². The van der Waals surface area contributed by atoms with E-state index in [1.165, 1.54) is 10.4 Å². The molecule has 1 aromatic heterocycles. The number of rotatable bonds is 5. The summed E-state index contributed by atoms with van der Waals surface area (Å²) in [5.41, 5.74) is 1.88. The molecule has 1 fully saturated rings. The zero-order valence-corrected chi connectivity index (χ0v) is 21.6. The molecular weight excluding hydrogens is 565 g/mol. The first-order valence-electron chi connectivity index (χ1n) is 9.32. The van der Waals surface area contributed by atoms with Crippen molar-refractivity contribution in [1.29, 1.82) is 0 Å². The third kappa shape index (κ3) is 5.21. The molecule has 0 N–H and O–H groups in total. The minimum Gasteiger partial charge on any atom is -0.345 e. The van der Waals surface area contributed by atoms with E-state index in [0.717, 1.165) is 20.9 Å². The molecule has 1 aliphatic rings.